The fraction of sp³-hybridized carbons (Fsp3) is 0.385. The first-order valence-corrected chi connectivity index (χ1v) is 6.91. The second-order valence-electron chi connectivity index (χ2n) is 4.18. The Morgan fingerprint density at radius 1 is 1.53 bits per heavy atom. The van der Waals surface area contributed by atoms with Gasteiger partial charge in [0.05, 0.1) is 10.6 Å². The van der Waals surface area contributed by atoms with E-state index < -0.39 is 0 Å². The maximum atomic E-state index is 11.8. The van der Waals surface area contributed by atoms with E-state index in [1.165, 1.54) is 4.88 Å². The highest BCUT2D eigenvalue weighted by atomic mass is 32.1. The molecule has 0 atom stereocenters. The van der Waals surface area contributed by atoms with Crippen molar-refractivity contribution in [3.8, 4) is 10.6 Å². The quantitative estimate of drug-likeness (QED) is 0.797. The van der Waals surface area contributed by atoms with Crippen LogP contribution in [0.4, 0.5) is 0 Å². The highest BCUT2D eigenvalue weighted by Crippen LogP contribution is 2.26. The summed E-state index contributed by atoms with van der Waals surface area (Å²) in [6.07, 6.45) is 0.795. The van der Waals surface area contributed by atoms with Gasteiger partial charge in [0.25, 0.3) is 5.91 Å². The van der Waals surface area contributed by atoms with Crippen LogP contribution < -0.4 is 5.32 Å². The fourth-order valence-electron chi connectivity index (χ4n) is 1.65. The number of aromatic amines is 1. The highest BCUT2D eigenvalue weighted by Gasteiger charge is 2.11. The number of thiophene rings is 1. The van der Waals surface area contributed by atoms with Gasteiger partial charge in [-0.15, -0.1) is 11.3 Å². The molecule has 2 aromatic rings. The van der Waals surface area contributed by atoms with Gasteiger partial charge in [-0.25, -0.2) is 0 Å². The SMILES string of the molecule is COCCCNC(=O)c1cc(-c2ccc(C)s2)[nH]n1. The molecule has 2 aromatic heterocycles. The lowest BCUT2D eigenvalue weighted by molar-refractivity contribution is 0.0943. The molecule has 0 saturated heterocycles. The van der Waals surface area contributed by atoms with Gasteiger partial charge in [0.15, 0.2) is 5.69 Å². The van der Waals surface area contributed by atoms with Gasteiger partial charge in [-0.3, -0.25) is 9.89 Å². The summed E-state index contributed by atoms with van der Waals surface area (Å²) in [4.78, 5) is 14.1. The monoisotopic (exact) mass is 279 g/mol. The third-order valence-corrected chi connectivity index (χ3v) is 3.66. The molecular formula is C13H17N3O2S. The molecule has 102 valence electrons. The van der Waals surface area contributed by atoms with E-state index in [0.29, 0.717) is 18.8 Å². The summed E-state index contributed by atoms with van der Waals surface area (Å²) >= 11 is 1.67. The number of hydrogen-bond donors (Lipinski definition) is 2. The largest absolute Gasteiger partial charge is 0.385 e. The van der Waals surface area contributed by atoms with Crippen molar-refractivity contribution in [1.82, 2.24) is 15.5 Å². The lowest BCUT2D eigenvalue weighted by Crippen LogP contribution is -2.25. The molecule has 19 heavy (non-hydrogen) atoms. The van der Waals surface area contributed by atoms with E-state index in [-0.39, 0.29) is 5.91 Å². The molecular weight excluding hydrogens is 262 g/mol. The van der Waals surface area contributed by atoms with Crippen LogP contribution in [0, 0.1) is 6.92 Å². The zero-order valence-corrected chi connectivity index (χ0v) is 11.8. The van der Waals surface area contributed by atoms with E-state index in [4.69, 9.17) is 4.74 Å². The van der Waals surface area contributed by atoms with Gasteiger partial charge in [0.2, 0.25) is 0 Å². The van der Waals surface area contributed by atoms with Crippen LogP contribution in [0.25, 0.3) is 10.6 Å². The number of carbonyl (C=O) groups is 1. The van der Waals surface area contributed by atoms with Crippen molar-refractivity contribution >= 4 is 17.2 Å². The standard InChI is InChI=1S/C13H17N3O2S/c1-9-4-5-12(19-9)10-8-11(16-15-10)13(17)14-6-3-7-18-2/h4-5,8H,3,6-7H2,1-2H3,(H,14,17)(H,15,16). The first kappa shape index (κ1) is 13.8. The van der Waals surface area contributed by atoms with E-state index in [1.807, 2.05) is 19.1 Å². The van der Waals surface area contributed by atoms with E-state index in [1.54, 1.807) is 24.5 Å². The summed E-state index contributed by atoms with van der Waals surface area (Å²) in [6.45, 7) is 3.28. The topological polar surface area (TPSA) is 67.0 Å². The number of aryl methyl sites for hydroxylation is 1. The number of hydrogen-bond acceptors (Lipinski definition) is 4. The number of ether oxygens (including phenoxy) is 1. The van der Waals surface area contributed by atoms with E-state index in [0.717, 1.165) is 17.0 Å². The molecule has 0 aliphatic carbocycles. The molecule has 2 heterocycles. The van der Waals surface area contributed by atoms with Crippen LogP contribution in [0.15, 0.2) is 18.2 Å². The van der Waals surface area contributed by atoms with Gasteiger partial charge in [0, 0.05) is 25.1 Å². The first-order chi connectivity index (χ1) is 9.20. The molecule has 0 spiro atoms. The predicted molar refractivity (Wildman–Crippen MR) is 75.5 cm³/mol. The van der Waals surface area contributed by atoms with Crippen LogP contribution in [0.2, 0.25) is 0 Å². The molecule has 6 heteroatoms. The Hall–Kier alpha value is -1.66. The normalized spacial score (nSPS) is 10.6. The van der Waals surface area contributed by atoms with Gasteiger partial charge >= 0.3 is 0 Å². The number of rotatable bonds is 6. The lowest BCUT2D eigenvalue weighted by atomic mass is 10.3. The van der Waals surface area contributed by atoms with Gasteiger partial charge in [-0.05, 0) is 31.5 Å². The summed E-state index contributed by atoms with van der Waals surface area (Å²) in [5, 5.41) is 9.74. The maximum Gasteiger partial charge on any atom is 0.271 e. The first-order valence-electron chi connectivity index (χ1n) is 6.10. The number of H-pyrrole nitrogens is 1. The summed E-state index contributed by atoms with van der Waals surface area (Å²) in [5.41, 5.74) is 1.29. The van der Waals surface area contributed by atoms with Crippen LogP contribution in [0.5, 0.6) is 0 Å². The average molecular weight is 279 g/mol. The summed E-state index contributed by atoms with van der Waals surface area (Å²) in [7, 11) is 1.64. The van der Waals surface area contributed by atoms with Crippen LogP contribution in [-0.4, -0.2) is 36.4 Å². The number of carbonyl (C=O) groups excluding carboxylic acids is 1. The van der Waals surface area contributed by atoms with E-state index in [9.17, 15) is 4.79 Å². The molecule has 0 radical (unpaired) electrons. The molecule has 0 aliphatic heterocycles. The zero-order chi connectivity index (χ0) is 13.7. The van der Waals surface area contributed by atoms with E-state index >= 15 is 0 Å². The summed E-state index contributed by atoms with van der Waals surface area (Å²) in [6, 6.07) is 5.84. The third kappa shape index (κ3) is 3.65. The fourth-order valence-corrected chi connectivity index (χ4v) is 2.49. The van der Waals surface area contributed by atoms with Crippen molar-refractivity contribution in [2.75, 3.05) is 20.3 Å². The summed E-state index contributed by atoms with van der Waals surface area (Å²) < 4.78 is 4.92. The van der Waals surface area contributed by atoms with Crippen LogP contribution in [0.3, 0.4) is 0 Å². The Morgan fingerprint density at radius 2 is 2.37 bits per heavy atom. The summed E-state index contributed by atoms with van der Waals surface area (Å²) in [5.74, 6) is -0.160. The Balaban J connectivity index is 1.95. The van der Waals surface area contributed by atoms with Gasteiger partial charge in [-0.1, -0.05) is 0 Å². The van der Waals surface area contributed by atoms with Gasteiger partial charge in [-0.2, -0.15) is 5.10 Å². The number of aromatic nitrogens is 2. The number of methoxy groups -OCH3 is 1. The third-order valence-electron chi connectivity index (χ3n) is 2.63. The minimum absolute atomic E-state index is 0.160. The second kappa shape index (κ2) is 6.49. The van der Waals surface area contributed by atoms with Crippen LogP contribution in [-0.2, 0) is 4.74 Å². The molecule has 1 amide bonds. The second-order valence-corrected chi connectivity index (χ2v) is 5.47. The Bertz CT molecular complexity index is 548. The predicted octanol–water partition coefficient (Wildman–Crippen LogP) is 2.21. The Kier molecular flexibility index (Phi) is 4.70. The van der Waals surface area contributed by atoms with Crippen molar-refractivity contribution in [3.05, 3.63) is 28.8 Å². The van der Waals surface area contributed by atoms with Crippen molar-refractivity contribution < 1.29 is 9.53 Å². The Morgan fingerprint density at radius 3 is 3.05 bits per heavy atom. The maximum absolute atomic E-state index is 11.8. The van der Waals surface area contributed by atoms with E-state index in [2.05, 4.69) is 15.5 Å². The van der Waals surface area contributed by atoms with Crippen molar-refractivity contribution in [1.29, 1.82) is 0 Å². The molecule has 0 bridgehead atoms. The molecule has 2 rings (SSSR count). The number of amides is 1. The molecule has 0 aliphatic rings. The van der Waals surface area contributed by atoms with Crippen LogP contribution >= 0.6 is 11.3 Å². The highest BCUT2D eigenvalue weighted by molar-refractivity contribution is 7.15. The van der Waals surface area contributed by atoms with Crippen molar-refractivity contribution in [3.63, 3.8) is 0 Å². The van der Waals surface area contributed by atoms with Crippen molar-refractivity contribution in [2.45, 2.75) is 13.3 Å². The molecule has 2 N–H and O–H groups in total. The molecule has 0 fully saturated rings. The zero-order valence-electron chi connectivity index (χ0n) is 11.0. The van der Waals surface area contributed by atoms with Crippen LogP contribution in [0.1, 0.15) is 21.8 Å². The Labute approximate surface area is 116 Å². The molecule has 0 unspecified atom stereocenters. The van der Waals surface area contributed by atoms with Gasteiger partial charge in [0.1, 0.15) is 0 Å². The van der Waals surface area contributed by atoms with Crippen molar-refractivity contribution in [2.24, 2.45) is 0 Å². The minimum Gasteiger partial charge on any atom is -0.385 e. The lowest BCUT2D eigenvalue weighted by Gasteiger charge is -2.01. The minimum atomic E-state index is -0.160. The smallest absolute Gasteiger partial charge is 0.271 e. The molecule has 0 saturated carbocycles. The van der Waals surface area contributed by atoms with Gasteiger partial charge < -0.3 is 10.1 Å². The molecule has 5 nitrogen and oxygen atoms in total. The molecule has 0 aromatic carbocycles. The number of nitrogens with one attached hydrogen (secondary N) is 2. The number of nitrogens with zero attached hydrogens (tertiary/aromatic N) is 1. The average Bonchev–Trinajstić information content (AvgIpc) is 3.02.